The molecular weight excluding hydrogens is 356 g/mol. The molecule has 2 aliphatic heterocycles. The van der Waals surface area contributed by atoms with Crippen LogP contribution in [0.1, 0.15) is 30.9 Å². The summed E-state index contributed by atoms with van der Waals surface area (Å²) >= 11 is 0. The topological polar surface area (TPSA) is 66.4 Å². The molecule has 2 saturated heterocycles. The third-order valence-electron chi connectivity index (χ3n) is 5.14. The van der Waals surface area contributed by atoms with Crippen molar-refractivity contribution in [2.45, 2.75) is 39.0 Å². The highest BCUT2D eigenvalue weighted by Gasteiger charge is 2.30. The molecule has 154 valence electrons. The predicted molar refractivity (Wildman–Crippen MR) is 109 cm³/mol. The molecule has 2 heterocycles. The normalized spacial score (nSPS) is 20.5. The van der Waals surface area contributed by atoms with Crippen LogP contribution in [0.5, 0.6) is 0 Å². The molecule has 0 radical (unpaired) electrons. The minimum Gasteiger partial charge on any atom is -0.380 e. The maximum absolute atomic E-state index is 12.5. The van der Waals surface area contributed by atoms with Gasteiger partial charge in [0.15, 0.2) is 5.96 Å². The van der Waals surface area contributed by atoms with E-state index >= 15 is 0 Å². The van der Waals surface area contributed by atoms with Crippen LogP contribution in [0.2, 0.25) is 0 Å². The summed E-state index contributed by atoms with van der Waals surface area (Å²) in [4.78, 5) is 21.5. The molecule has 1 unspecified atom stereocenters. The molecule has 3 rings (SSSR count). The third-order valence-corrected chi connectivity index (χ3v) is 5.14. The Hall–Kier alpha value is -2.12. The fourth-order valence-electron chi connectivity index (χ4n) is 3.69. The van der Waals surface area contributed by atoms with Gasteiger partial charge in [-0.3, -0.25) is 4.79 Å². The largest absolute Gasteiger partial charge is 0.380 e. The molecule has 1 aromatic carbocycles. The highest BCUT2D eigenvalue weighted by Crippen LogP contribution is 2.16. The molecular formula is C21H32N4O3. The van der Waals surface area contributed by atoms with Crippen molar-refractivity contribution in [3.8, 4) is 0 Å². The van der Waals surface area contributed by atoms with Gasteiger partial charge in [-0.25, -0.2) is 4.99 Å². The molecule has 7 heteroatoms. The number of nitrogens with zero attached hydrogens (tertiary/aromatic N) is 3. The zero-order valence-electron chi connectivity index (χ0n) is 17.0. The number of hydrogen-bond acceptors (Lipinski definition) is 4. The summed E-state index contributed by atoms with van der Waals surface area (Å²) < 4.78 is 10.8. The number of hydrogen-bond donors (Lipinski definition) is 1. The van der Waals surface area contributed by atoms with Gasteiger partial charge >= 0.3 is 0 Å². The highest BCUT2D eigenvalue weighted by molar-refractivity contribution is 5.82. The molecule has 0 saturated carbocycles. The second-order valence-electron chi connectivity index (χ2n) is 7.24. The van der Waals surface area contributed by atoms with E-state index in [1.807, 2.05) is 11.0 Å². The summed E-state index contributed by atoms with van der Waals surface area (Å²) in [5.41, 5.74) is 2.32. The van der Waals surface area contributed by atoms with Crippen molar-refractivity contribution in [3.63, 3.8) is 0 Å². The molecule has 1 atom stereocenters. The Balaban J connectivity index is 1.57. The summed E-state index contributed by atoms with van der Waals surface area (Å²) in [6.07, 6.45) is 1.61. The van der Waals surface area contributed by atoms with Crippen LogP contribution in [0.25, 0.3) is 0 Å². The molecule has 0 bridgehead atoms. The smallest absolute Gasteiger partial charge is 0.251 e. The van der Waals surface area contributed by atoms with Gasteiger partial charge in [0.05, 0.1) is 13.2 Å². The second kappa shape index (κ2) is 10.4. The molecule has 28 heavy (non-hydrogen) atoms. The van der Waals surface area contributed by atoms with E-state index in [4.69, 9.17) is 14.5 Å². The Kier molecular flexibility index (Phi) is 7.68. The quantitative estimate of drug-likeness (QED) is 0.593. The van der Waals surface area contributed by atoms with Crippen molar-refractivity contribution >= 4 is 11.9 Å². The molecule has 0 aliphatic carbocycles. The fraction of sp³-hybridized carbons (Fsp3) is 0.619. The lowest BCUT2D eigenvalue weighted by atomic mass is 10.1. The number of amides is 1. The van der Waals surface area contributed by atoms with Crippen LogP contribution < -0.4 is 5.32 Å². The van der Waals surface area contributed by atoms with E-state index in [-0.39, 0.29) is 12.0 Å². The van der Waals surface area contributed by atoms with E-state index in [2.05, 4.69) is 35.3 Å². The molecule has 7 nitrogen and oxygen atoms in total. The lowest BCUT2D eigenvalue weighted by molar-refractivity contribution is -0.142. The van der Waals surface area contributed by atoms with Gasteiger partial charge in [0.25, 0.3) is 5.91 Å². The Bertz CT molecular complexity index is 665. The van der Waals surface area contributed by atoms with Crippen molar-refractivity contribution in [3.05, 3.63) is 35.4 Å². The fourth-order valence-corrected chi connectivity index (χ4v) is 3.69. The zero-order chi connectivity index (χ0) is 19.8. The number of piperazine rings is 1. The zero-order valence-corrected chi connectivity index (χ0v) is 17.0. The standard InChI is InChI=1S/C21H32N4O3/c1-3-22-21(23-15-17-6-4-7-18(14-17)16-27-2)25-11-9-24(10-12-25)20(26)19-8-5-13-28-19/h4,6-7,14,19H,3,5,8-13,15-16H2,1-2H3,(H,22,23). The lowest BCUT2D eigenvalue weighted by Gasteiger charge is -2.37. The Morgan fingerprint density at radius 1 is 1.25 bits per heavy atom. The number of rotatable bonds is 6. The molecule has 0 spiro atoms. The van der Waals surface area contributed by atoms with Gasteiger partial charge in [0.1, 0.15) is 6.10 Å². The van der Waals surface area contributed by atoms with Crippen LogP contribution in [-0.4, -0.2) is 74.2 Å². The van der Waals surface area contributed by atoms with Gasteiger partial charge in [-0.1, -0.05) is 24.3 Å². The average Bonchev–Trinajstić information content (AvgIpc) is 3.26. The second-order valence-corrected chi connectivity index (χ2v) is 7.24. The summed E-state index contributed by atoms with van der Waals surface area (Å²) in [5.74, 6) is 1.05. The maximum atomic E-state index is 12.5. The first kappa shape index (κ1) is 20.6. The Morgan fingerprint density at radius 2 is 2.00 bits per heavy atom. The molecule has 0 aromatic heterocycles. The highest BCUT2D eigenvalue weighted by atomic mass is 16.5. The number of carbonyl (C=O) groups excluding carboxylic acids is 1. The van der Waals surface area contributed by atoms with Crippen LogP contribution in [-0.2, 0) is 27.4 Å². The van der Waals surface area contributed by atoms with E-state index in [0.717, 1.165) is 49.6 Å². The summed E-state index contributed by atoms with van der Waals surface area (Å²) in [6.45, 7) is 7.83. The van der Waals surface area contributed by atoms with Gasteiger partial charge in [0.2, 0.25) is 0 Å². The van der Waals surface area contributed by atoms with Crippen molar-refractivity contribution in [1.29, 1.82) is 0 Å². The van der Waals surface area contributed by atoms with Crippen molar-refractivity contribution < 1.29 is 14.3 Å². The number of guanidine groups is 1. The van der Waals surface area contributed by atoms with Crippen LogP contribution >= 0.6 is 0 Å². The lowest BCUT2D eigenvalue weighted by Crippen LogP contribution is -2.55. The van der Waals surface area contributed by atoms with Crippen LogP contribution in [0.15, 0.2) is 29.3 Å². The van der Waals surface area contributed by atoms with E-state index in [1.165, 1.54) is 0 Å². The summed E-state index contributed by atoms with van der Waals surface area (Å²) in [5, 5.41) is 3.38. The van der Waals surface area contributed by atoms with Crippen molar-refractivity contribution in [1.82, 2.24) is 15.1 Å². The number of nitrogens with one attached hydrogen (secondary N) is 1. The van der Waals surface area contributed by atoms with E-state index < -0.39 is 0 Å². The van der Waals surface area contributed by atoms with Gasteiger partial charge in [0, 0.05) is 46.4 Å². The number of ether oxygens (including phenoxy) is 2. The van der Waals surface area contributed by atoms with E-state index in [9.17, 15) is 4.79 Å². The molecule has 2 fully saturated rings. The minimum atomic E-state index is -0.229. The molecule has 2 aliphatic rings. The molecule has 1 N–H and O–H groups in total. The van der Waals surface area contributed by atoms with E-state index in [1.54, 1.807) is 7.11 Å². The summed E-state index contributed by atoms with van der Waals surface area (Å²) in [7, 11) is 1.71. The summed E-state index contributed by atoms with van der Waals surface area (Å²) in [6, 6.07) is 8.33. The first-order chi connectivity index (χ1) is 13.7. The van der Waals surface area contributed by atoms with Gasteiger partial charge in [-0.2, -0.15) is 0 Å². The molecule has 1 amide bonds. The monoisotopic (exact) mass is 388 g/mol. The number of benzene rings is 1. The van der Waals surface area contributed by atoms with Crippen LogP contribution in [0.4, 0.5) is 0 Å². The van der Waals surface area contributed by atoms with Gasteiger partial charge in [-0.15, -0.1) is 0 Å². The van der Waals surface area contributed by atoms with Gasteiger partial charge in [-0.05, 0) is 30.9 Å². The Labute approximate surface area is 167 Å². The third kappa shape index (κ3) is 5.45. The molecule has 1 aromatic rings. The maximum Gasteiger partial charge on any atom is 0.251 e. The SMILES string of the molecule is CCNC(=NCc1cccc(COC)c1)N1CCN(C(=O)C2CCCO2)CC1. The Morgan fingerprint density at radius 3 is 2.68 bits per heavy atom. The van der Waals surface area contributed by atoms with E-state index in [0.29, 0.717) is 32.8 Å². The van der Waals surface area contributed by atoms with Crippen LogP contribution in [0, 0.1) is 0 Å². The number of methoxy groups -OCH3 is 1. The van der Waals surface area contributed by atoms with Crippen molar-refractivity contribution in [2.24, 2.45) is 4.99 Å². The number of carbonyl (C=O) groups is 1. The van der Waals surface area contributed by atoms with Crippen molar-refractivity contribution in [2.75, 3.05) is 46.4 Å². The minimum absolute atomic E-state index is 0.147. The first-order valence-corrected chi connectivity index (χ1v) is 10.2. The number of aliphatic imine (C=N–C) groups is 1. The first-order valence-electron chi connectivity index (χ1n) is 10.2. The average molecular weight is 389 g/mol. The van der Waals surface area contributed by atoms with Crippen LogP contribution in [0.3, 0.4) is 0 Å². The van der Waals surface area contributed by atoms with Gasteiger partial charge < -0.3 is 24.6 Å². The predicted octanol–water partition coefficient (Wildman–Crippen LogP) is 1.62.